The summed E-state index contributed by atoms with van der Waals surface area (Å²) >= 11 is 0. The Morgan fingerprint density at radius 1 is 0.289 bits per heavy atom. The van der Waals surface area contributed by atoms with Crippen molar-refractivity contribution in [3.05, 3.63) is 438 Å². The second kappa shape index (κ2) is 47.9. The van der Waals surface area contributed by atoms with Crippen molar-refractivity contribution in [2.75, 3.05) is 87.7 Å². The van der Waals surface area contributed by atoms with Crippen molar-refractivity contribution in [2.45, 2.75) is 128 Å². The number of Topliss-reactive ketones (excluding diaryl/α,β-unsaturated/α-hetero) is 4. The minimum absolute atomic E-state index is 0.0161. The van der Waals surface area contributed by atoms with Crippen molar-refractivity contribution in [1.29, 1.82) is 0 Å². The highest BCUT2D eigenvalue weighted by molar-refractivity contribution is 7.91. The van der Waals surface area contributed by atoms with Crippen LogP contribution in [0.15, 0.2) is 338 Å². The van der Waals surface area contributed by atoms with E-state index in [-0.39, 0.29) is 103 Å². The standard InChI is InChI=1S/C32H32FNO5S.C32H30FNO3.2C32H31NO3/c1-34(27-8-10-29(39-2)11-9-27)32(36)24-15-22-5-3-4-21(14-22)12-13-40(37,38)20-25-16-23-6-7-26(33)18-30(23)31(25)19-28(35)17-24;1-34(27-11-13-29(37-2)14-12-27)32(36)25-16-22-7-3-5-21(15-22)6-4-8-23-17-24-9-10-26(33)19-30(24)31(23)20-28(35)18-25;2*1-33(27-13-15-29(36-2)16-14-27)32(35)26-18-23-9-5-7-22(17-23)8-6-11-25-19-24-10-3-4-12-30(24)31(25)21-28(34)20-26/h3-11,14,18,24H,12-13,15-17,19-20H2,1-2H3;3-5,7-15,19,25H,6,16-18,20H2,1-2H3;2*3-7,9-17,26H,8,18-21H2,1-2H3/b;8-4+;11-6+;11-6-/t24-;25-;2*26-/m1111/s1. The van der Waals surface area contributed by atoms with Gasteiger partial charge < -0.3 is 38.5 Å². The molecular weight excluding hydrogens is 1890 g/mol. The molecule has 8 aliphatic rings. The van der Waals surface area contributed by atoms with Crippen LogP contribution in [0.5, 0.6) is 23.0 Å². The minimum atomic E-state index is -3.47. The molecule has 760 valence electrons. The third-order valence-corrected chi connectivity index (χ3v) is 31.2. The van der Waals surface area contributed by atoms with Gasteiger partial charge in [0.05, 0.1) is 39.9 Å². The number of hydrogen-bond donors (Lipinski definition) is 0. The van der Waals surface area contributed by atoms with Crippen LogP contribution >= 0.6 is 0 Å². The molecule has 0 saturated heterocycles. The first-order valence-electron chi connectivity index (χ1n) is 50.9. The highest BCUT2D eigenvalue weighted by Crippen LogP contribution is 2.44. The van der Waals surface area contributed by atoms with E-state index in [9.17, 15) is 55.6 Å². The topological polar surface area (TPSA) is 221 Å². The summed E-state index contributed by atoms with van der Waals surface area (Å²) in [5.41, 5.74) is 27.4. The molecule has 0 saturated carbocycles. The van der Waals surface area contributed by atoms with E-state index >= 15 is 0 Å². The lowest BCUT2D eigenvalue weighted by molar-refractivity contribution is -0.127. The lowest BCUT2D eigenvalue weighted by atomic mass is 9.89. The molecule has 0 spiro atoms. The highest BCUT2D eigenvalue weighted by atomic mass is 32.2. The van der Waals surface area contributed by atoms with Gasteiger partial charge >= 0.3 is 0 Å². The molecule has 12 aromatic carbocycles. The summed E-state index contributed by atoms with van der Waals surface area (Å²) in [5, 5.41) is 0. The summed E-state index contributed by atoms with van der Waals surface area (Å²) in [7, 11) is 9.95. The smallest absolute Gasteiger partial charge is 0.230 e. The number of sulfone groups is 1. The number of carbonyl (C=O) groups is 8. The van der Waals surface area contributed by atoms with Crippen LogP contribution < -0.4 is 38.5 Å². The Morgan fingerprint density at radius 2 is 0.564 bits per heavy atom. The predicted octanol–water partition coefficient (Wildman–Crippen LogP) is 23.1. The minimum Gasteiger partial charge on any atom is -0.497 e. The fraction of sp³-hybridized carbons (Fsp3) is 0.266. The first-order valence-corrected chi connectivity index (χ1v) is 52.7. The quantitative estimate of drug-likeness (QED) is 0.111. The fourth-order valence-corrected chi connectivity index (χ4v) is 23.2. The molecule has 4 amide bonds. The van der Waals surface area contributed by atoms with Gasteiger partial charge in [0.1, 0.15) is 57.8 Å². The van der Waals surface area contributed by atoms with Crippen LogP contribution in [-0.2, 0) is 125 Å². The maximum atomic E-state index is 14.2. The first kappa shape index (κ1) is 105. The van der Waals surface area contributed by atoms with Crippen molar-refractivity contribution in [1.82, 2.24) is 0 Å². The lowest BCUT2D eigenvalue weighted by Gasteiger charge is -2.24. The second-order valence-electron chi connectivity index (χ2n) is 39.8. The number of hydrogen-bond acceptors (Lipinski definition) is 14. The number of fused-ring (bicyclic) bond motifs is 16. The number of ether oxygens (including phenoxy) is 4. The molecule has 0 N–H and O–H groups in total. The van der Waals surface area contributed by atoms with Crippen LogP contribution in [0.1, 0.15) is 140 Å². The van der Waals surface area contributed by atoms with Gasteiger partial charge in [0.15, 0.2) is 9.84 Å². The average Bonchev–Trinajstić information content (AvgIpc) is 1.63. The molecule has 1 aliphatic heterocycles. The lowest BCUT2D eigenvalue weighted by Crippen LogP contribution is -2.35. The van der Waals surface area contributed by atoms with Gasteiger partial charge in [0.25, 0.3) is 0 Å². The SMILES string of the molecule is COc1ccc(N(C)C(=O)[C@H]2CC(=O)CC3=C(/C=C/Cc4cccc(c4)C2)Cc2ccc(F)cc23)cc1.COc1ccc(N(C)C(=O)[C@H]2CC(=O)CC3=C(/C=C/Cc4cccc(c4)C2)Cc2ccccc23)cc1.COc1ccc(N(C)C(=O)[C@H]2CC(=O)CC3=C(/C=C\Cc4cccc(c4)C2)Cc2ccccc23)cc1.COc1ccc(N(C)C(=O)[C@H]2CC(=O)CC3=C(Cc4ccc(F)cc43)CS(=O)(=O)CCc3cccc(c3)C2)cc1. The Kier molecular flexibility index (Phi) is 33.7. The molecule has 18 nitrogen and oxygen atoms in total. The van der Waals surface area contributed by atoms with E-state index in [1.54, 1.807) is 113 Å². The number of allylic oxidation sites excluding steroid dienone is 13. The number of aryl methyl sites for hydroxylation is 1. The Bertz CT molecular complexity index is 7250. The summed E-state index contributed by atoms with van der Waals surface area (Å²) in [6, 6.07) is 87.8. The van der Waals surface area contributed by atoms with Gasteiger partial charge in [-0.15, -0.1) is 0 Å². The van der Waals surface area contributed by atoms with E-state index in [2.05, 4.69) is 121 Å². The second-order valence-corrected chi connectivity index (χ2v) is 42.0. The molecule has 20 rings (SSSR count). The molecule has 7 aliphatic carbocycles. The maximum absolute atomic E-state index is 14.2. The van der Waals surface area contributed by atoms with Crippen molar-refractivity contribution >= 4 is 102 Å². The van der Waals surface area contributed by atoms with E-state index in [4.69, 9.17) is 18.9 Å². The number of methoxy groups -OCH3 is 4. The molecule has 4 atom stereocenters. The highest BCUT2D eigenvalue weighted by Gasteiger charge is 2.37. The maximum Gasteiger partial charge on any atom is 0.230 e. The van der Waals surface area contributed by atoms with Crippen molar-refractivity contribution in [2.24, 2.45) is 23.7 Å². The number of halogens is 2. The first-order chi connectivity index (χ1) is 72.0. The molecule has 1 heterocycles. The van der Waals surface area contributed by atoms with Gasteiger partial charge in [0, 0.05) is 126 Å². The van der Waals surface area contributed by atoms with E-state index in [0.29, 0.717) is 91.7 Å². The molecule has 0 fully saturated rings. The number of nitrogens with zero attached hydrogens (tertiary/aromatic N) is 4. The summed E-state index contributed by atoms with van der Waals surface area (Å²) < 4.78 is 75.5. The predicted molar refractivity (Wildman–Crippen MR) is 586 cm³/mol. The summed E-state index contributed by atoms with van der Waals surface area (Å²) in [4.78, 5) is 115. The molecule has 0 unspecified atom stereocenters. The zero-order valence-electron chi connectivity index (χ0n) is 85.6. The monoisotopic (exact) mass is 2010 g/mol. The van der Waals surface area contributed by atoms with Gasteiger partial charge in [-0.1, -0.05) is 194 Å². The van der Waals surface area contributed by atoms with Crippen molar-refractivity contribution < 1.29 is 74.5 Å². The normalized spacial score (nSPS) is 18.4. The van der Waals surface area contributed by atoms with Crippen LogP contribution in [0.2, 0.25) is 0 Å². The molecule has 12 aromatic rings. The summed E-state index contributed by atoms with van der Waals surface area (Å²) in [5.74, 6) is -0.487. The van der Waals surface area contributed by atoms with Crippen LogP contribution in [-0.4, -0.2) is 123 Å². The van der Waals surface area contributed by atoms with Gasteiger partial charge in [-0.05, 0) is 332 Å². The molecule has 0 aromatic heterocycles. The van der Waals surface area contributed by atoms with Gasteiger partial charge in [-0.2, -0.15) is 0 Å². The Balaban J connectivity index is 0.000000135. The van der Waals surface area contributed by atoms with E-state index in [1.165, 1.54) is 68.8 Å². The van der Waals surface area contributed by atoms with Gasteiger partial charge in [-0.25, -0.2) is 17.2 Å². The van der Waals surface area contributed by atoms with Gasteiger partial charge in [-0.3, -0.25) is 38.4 Å². The summed E-state index contributed by atoms with van der Waals surface area (Å²) in [6.07, 6.45) is 21.7. The van der Waals surface area contributed by atoms with E-state index in [1.807, 2.05) is 133 Å². The number of anilines is 4. The van der Waals surface area contributed by atoms with E-state index in [0.717, 1.165) is 133 Å². The molecule has 21 heteroatoms. The molecule has 0 radical (unpaired) electrons. The number of amides is 4. The van der Waals surface area contributed by atoms with Crippen LogP contribution in [0.3, 0.4) is 0 Å². The number of carbonyl (C=O) groups excluding carboxylic acids is 8. The van der Waals surface area contributed by atoms with Crippen LogP contribution in [0, 0.1) is 35.3 Å². The van der Waals surface area contributed by atoms with E-state index < -0.39 is 39.3 Å². The number of ketones is 4. The average molecular weight is 2010 g/mol. The van der Waals surface area contributed by atoms with Crippen molar-refractivity contribution in [3.63, 3.8) is 0 Å². The Labute approximate surface area is 871 Å². The molecular formula is C128H124F2N4O14S. The zero-order valence-corrected chi connectivity index (χ0v) is 86.4. The third-order valence-electron chi connectivity index (χ3n) is 29.6. The Hall–Kier alpha value is -15.6. The molecule has 8 bridgehead atoms. The largest absolute Gasteiger partial charge is 0.497 e. The zero-order chi connectivity index (χ0) is 105. The Morgan fingerprint density at radius 3 is 0.893 bits per heavy atom. The fourth-order valence-electron chi connectivity index (χ4n) is 21.7. The van der Waals surface area contributed by atoms with Crippen LogP contribution in [0.25, 0.3) is 22.3 Å². The van der Waals surface area contributed by atoms with Crippen LogP contribution in [0.4, 0.5) is 31.5 Å². The molecule has 149 heavy (non-hydrogen) atoms. The number of benzene rings is 12. The summed E-state index contributed by atoms with van der Waals surface area (Å²) in [6.45, 7) is 0. The van der Waals surface area contributed by atoms with Gasteiger partial charge in [0.2, 0.25) is 23.6 Å². The number of rotatable bonds is 12. The third kappa shape index (κ3) is 26.1. The van der Waals surface area contributed by atoms with Crippen molar-refractivity contribution in [3.8, 4) is 23.0 Å².